The number of amides is 3. The monoisotopic (exact) mass is 513 g/mol. The van der Waals surface area contributed by atoms with Crippen LogP contribution in [0.25, 0.3) is 0 Å². The van der Waals surface area contributed by atoms with Crippen LogP contribution >= 0.6 is 0 Å². The molecule has 0 spiro atoms. The van der Waals surface area contributed by atoms with Crippen molar-refractivity contribution >= 4 is 11.9 Å². The van der Waals surface area contributed by atoms with E-state index in [4.69, 9.17) is 9.47 Å². The molecule has 0 saturated carbocycles. The van der Waals surface area contributed by atoms with Gasteiger partial charge in [0.25, 0.3) is 0 Å². The second-order valence-corrected chi connectivity index (χ2v) is 10.0. The number of rotatable bonds is 6. The van der Waals surface area contributed by atoms with Gasteiger partial charge in [-0.1, -0.05) is 24.3 Å². The molecule has 198 valence electrons. The van der Waals surface area contributed by atoms with Crippen molar-refractivity contribution in [1.29, 1.82) is 0 Å². The second-order valence-electron chi connectivity index (χ2n) is 10.0. The van der Waals surface area contributed by atoms with Crippen molar-refractivity contribution in [2.24, 2.45) is 5.92 Å². The number of urea groups is 1. The number of halogens is 2. The van der Waals surface area contributed by atoms with Gasteiger partial charge in [0.2, 0.25) is 5.91 Å². The van der Waals surface area contributed by atoms with Crippen LogP contribution in [0.2, 0.25) is 0 Å². The van der Waals surface area contributed by atoms with E-state index in [-0.39, 0.29) is 55.0 Å². The van der Waals surface area contributed by atoms with Gasteiger partial charge in [-0.3, -0.25) is 4.79 Å². The number of hydrogen-bond donors (Lipinski definition) is 1. The Morgan fingerprint density at radius 2 is 1.65 bits per heavy atom. The van der Waals surface area contributed by atoms with Crippen LogP contribution in [0.4, 0.5) is 13.6 Å². The maximum atomic E-state index is 13.7. The third-order valence-corrected chi connectivity index (χ3v) is 7.69. The highest BCUT2D eigenvalue weighted by Gasteiger charge is 2.38. The molecule has 1 N–H and O–H groups in total. The number of ether oxygens (including phenoxy) is 2. The summed E-state index contributed by atoms with van der Waals surface area (Å²) >= 11 is 0. The van der Waals surface area contributed by atoms with Crippen molar-refractivity contribution in [2.45, 2.75) is 37.3 Å². The highest BCUT2D eigenvalue weighted by atomic mass is 19.1. The molecule has 37 heavy (non-hydrogen) atoms. The van der Waals surface area contributed by atoms with Crippen LogP contribution < -0.4 is 10.1 Å². The molecular formula is C28H33F2N3O4. The van der Waals surface area contributed by atoms with Gasteiger partial charge in [0, 0.05) is 32.1 Å². The summed E-state index contributed by atoms with van der Waals surface area (Å²) in [6, 6.07) is 14.1. The van der Waals surface area contributed by atoms with Crippen LogP contribution in [0.15, 0.2) is 48.5 Å². The average Bonchev–Trinajstić information content (AvgIpc) is 2.93. The van der Waals surface area contributed by atoms with Crippen molar-refractivity contribution in [3.05, 3.63) is 65.5 Å². The van der Waals surface area contributed by atoms with E-state index < -0.39 is 6.67 Å². The van der Waals surface area contributed by atoms with Crippen LogP contribution in [0.3, 0.4) is 0 Å². The minimum Gasteiger partial charge on any atom is -0.491 e. The largest absolute Gasteiger partial charge is 0.491 e. The first-order valence-electron chi connectivity index (χ1n) is 13.0. The van der Waals surface area contributed by atoms with Gasteiger partial charge < -0.3 is 24.6 Å². The van der Waals surface area contributed by atoms with Gasteiger partial charge in [-0.15, -0.1) is 0 Å². The lowest BCUT2D eigenvalue weighted by Crippen LogP contribution is -2.62. The van der Waals surface area contributed by atoms with Crippen molar-refractivity contribution in [3.8, 4) is 5.75 Å². The topological polar surface area (TPSA) is 71.1 Å². The van der Waals surface area contributed by atoms with Crippen molar-refractivity contribution in [1.82, 2.24) is 15.1 Å². The molecule has 7 nitrogen and oxygen atoms in total. The van der Waals surface area contributed by atoms with Crippen LogP contribution in [0, 0.1) is 11.7 Å². The highest BCUT2D eigenvalue weighted by molar-refractivity contribution is 5.79. The summed E-state index contributed by atoms with van der Waals surface area (Å²) in [6.07, 6.45) is 2.31. The molecule has 3 atom stereocenters. The van der Waals surface area contributed by atoms with Crippen LogP contribution in [-0.4, -0.2) is 80.0 Å². The molecule has 1 unspecified atom stereocenters. The number of benzene rings is 2. The Hall–Kier alpha value is -3.20. The smallest absolute Gasteiger partial charge is 0.320 e. The Balaban J connectivity index is 1.25. The summed E-state index contributed by atoms with van der Waals surface area (Å²) in [5.74, 6) is 0.511. The Labute approximate surface area is 215 Å². The van der Waals surface area contributed by atoms with Crippen molar-refractivity contribution < 1.29 is 27.8 Å². The van der Waals surface area contributed by atoms with Crippen LogP contribution in [-0.2, 0) is 9.53 Å². The molecule has 0 aromatic heterocycles. The minimum absolute atomic E-state index is 0.00409. The molecule has 5 rings (SSSR count). The molecule has 0 bridgehead atoms. The number of piperidine rings is 2. The first kappa shape index (κ1) is 25.4. The van der Waals surface area contributed by atoms with Gasteiger partial charge in [-0.05, 0) is 60.6 Å². The Morgan fingerprint density at radius 3 is 2.32 bits per heavy atom. The van der Waals surface area contributed by atoms with E-state index in [0.29, 0.717) is 38.3 Å². The Kier molecular flexibility index (Phi) is 7.88. The Morgan fingerprint density at radius 1 is 1.00 bits per heavy atom. The molecule has 9 heteroatoms. The summed E-state index contributed by atoms with van der Waals surface area (Å²) in [6.45, 7) is 1.91. The lowest BCUT2D eigenvalue weighted by molar-refractivity contribution is -0.139. The highest BCUT2D eigenvalue weighted by Crippen LogP contribution is 2.39. The fraction of sp³-hybridized carbons (Fsp3) is 0.500. The molecule has 3 aliphatic rings. The SMILES string of the molecule is O=C1COC2CCN(C(=O)N3CCC([C@@H](c4ccc(F)cc4)c4ccc(OCCF)cc4)CC3)C[C@H]2N1. The maximum absolute atomic E-state index is 13.7. The van der Waals surface area contributed by atoms with E-state index in [1.165, 1.54) is 12.1 Å². The fourth-order valence-electron chi connectivity index (χ4n) is 5.83. The summed E-state index contributed by atoms with van der Waals surface area (Å²) in [5.41, 5.74) is 2.11. The molecule has 2 aromatic rings. The molecule has 3 aliphatic heterocycles. The molecule has 2 aromatic carbocycles. The first-order valence-corrected chi connectivity index (χ1v) is 13.0. The summed E-state index contributed by atoms with van der Waals surface area (Å²) in [4.78, 5) is 28.7. The normalized spacial score (nSPS) is 23.2. The van der Waals surface area contributed by atoms with E-state index in [1.54, 1.807) is 0 Å². The first-order chi connectivity index (χ1) is 18.0. The number of nitrogens with one attached hydrogen (secondary N) is 1. The van der Waals surface area contributed by atoms with Gasteiger partial charge in [-0.2, -0.15) is 0 Å². The van der Waals surface area contributed by atoms with E-state index in [2.05, 4.69) is 5.32 Å². The molecule has 0 radical (unpaired) electrons. The van der Waals surface area contributed by atoms with Gasteiger partial charge >= 0.3 is 6.03 Å². The summed E-state index contributed by atoms with van der Waals surface area (Å²) < 4.78 is 37.2. The number of carbonyl (C=O) groups is 2. The van der Waals surface area contributed by atoms with Crippen LogP contribution in [0.5, 0.6) is 5.75 Å². The van der Waals surface area contributed by atoms with Crippen molar-refractivity contribution in [2.75, 3.05) is 46.1 Å². The average molecular weight is 514 g/mol. The summed E-state index contributed by atoms with van der Waals surface area (Å²) in [7, 11) is 0. The number of nitrogens with zero attached hydrogens (tertiary/aromatic N) is 2. The van der Waals surface area contributed by atoms with E-state index in [1.807, 2.05) is 46.2 Å². The third-order valence-electron chi connectivity index (χ3n) is 7.69. The zero-order valence-corrected chi connectivity index (χ0v) is 20.8. The number of hydrogen-bond acceptors (Lipinski definition) is 4. The second kappa shape index (κ2) is 11.5. The summed E-state index contributed by atoms with van der Waals surface area (Å²) in [5, 5.41) is 2.95. The molecule has 0 aliphatic carbocycles. The predicted molar refractivity (Wildman–Crippen MR) is 134 cm³/mol. The quantitative estimate of drug-likeness (QED) is 0.639. The number of likely N-dealkylation sites (tertiary alicyclic amines) is 2. The van der Waals surface area contributed by atoms with Crippen LogP contribution in [0.1, 0.15) is 36.3 Å². The number of morpholine rings is 1. The van der Waals surface area contributed by atoms with E-state index in [0.717, 1.165) is 24.0 Å². The molecular weight excluding hydrogens is 480 g/mol. The van der Waals surface area contributed by atoms with E-state index in [9.17, 15) is 18.4 Å². The molecule has 3 heterocycles. The maximum Gasteiger partial charge on any atom is 0.320 e. The van der Waals surface area contributed by atoms with Gasteiger partial charge in [0.05, 0.1) is 12.1 Å². The minimum atomic E-state index is -0.543. The number of carbonyl (C=O) groups excluding carboxylic acids is 2. The van der Waals surface area contributed by atoms with Gasteiger partial charge in [0.15, 0.2) is 0 Å². The fourth-order valence-corrected chi connectivity index (χ4v) is 5.83. The molecule has 3 saturated heterocycles. The number of alkyl halides is 1. The molecule has 3 amide bonds. The standard InChI is InChI=1S/C28H33F2N3O4/c29-12-16-36-23-7-3-20(4-8-23)27(19-1-5-22(30)6-2-19)21-9-13-32(14-10-21)28(35)33-15-11-25-24(17-33)31-26(34)18-37-25/h1-8,21,24-25,27H,9-18H2,(H,31,34)/t24-,25?,27+/m1/s1. The van der Waals surface area contributed by atoms with Gasteiger partial charge in [0.1, 0.15) is 31.5 Å². The van der Waals surface area contributed by atoms with E-state index >= 15 is 0 Å². The predicted octanol–water partition coefficient (Wildman–Crippen LogP) is 3.73. The lowest BCUT2D eigenvalue weighted by atomic mass is 9.76. The Bertz CT molecular complexity index is 1070. The van der Waals surface area contributed by atoms with Gasteiger partial charge in [-0.25, -0.2) is 13.6 Å². The zero-order valence-electron chi connectivity index (χ0n) is 20.8. The van der Waals surface area contributed by atoms with Crippen molar-refractivity contribution in [3.63, 3.8) is 0 Å². The third kappa shape index (κ3) is 5.87. The number of fused-ring (bicyclic) bond motifs is 1. The lowest BCUT2D eigenvalue weighted by Gasteiger charge is -2.44. The molecule has 3 fully saturated rings. The zero-order chi connectivity index (χ0) is 25.8.